The minimum Gasteiger partial charge on any atom is -0.494 e. The van der Waals surface area contributed by atoms with E-state index >= 15 is 0 Å². The molecule has 0 fully saturated rings. The molecule has 0 saturated heterocycles. The van der Waals surface area contributed by atoms with Gasteiger partial charge < -0.3 is 4.74 Å². The van der Waals surface area contributed by atoms with Crippen molar-refractivity contribution >= 4 is 11.6 Å². The second-order valence-electron chi connectivity index (χ2n) is 2.16. The molecule has 0 bridgehead atoms. The topological polar surface area (TPSA) is 22.1 Å². The summed E-state index contributed by atoms with van der Waals surface area (Å²) in [6, 6.07) is 1.82. The molecule has 1 aromatic rings. The highest BCUT2D eigenvalue weighted by Crippen LogP contribution is 2.22. The molecule has 3 heteroatoms. The fourth-order valence-corrected chi connectivity index (χ4v) is 1.05. The van der Waals surface area contributed by atoms with Crippen LogP contribution in [0.4, 0.5) is 0 Å². The molecule has 0 aromatic carbocycles. The number of ether oxygens (including phenoxy) is 1. The molecular weight excluding hydrogens is 162 g/mol. The van der Waals surface area contributed by atoms with Crippen LogP contribution in [0.25, 0.3) is 0 Å². The normalized spacial score (nSPS) is 9.73. The van der Waals surface area contributed by atoms with Crippen LogP contribution in [0.15, 0.2) is 12.3 Å². The molecule has 1 aromatic heterocycles. The molecule has 0 radical (unpaired) electrons. The fourth-order valence-electron chi connectivity index (χ4n) is 0.801. The van der Waals surface area contributed by atoms with E-state index in [1.807, 2.05) is 13.0 Å². The van der Waals surface area contributed by atoms with Crippen molar-refractivity contribution in [2.24, 2.45) is 0 Å². The quantitative estimate of drug-likeness (QED) is 0.682. The molecular formula is C8H10ClNO. The summed E-state index contributed by atoms with van der Waals surface area (Å²) in [5, 5.41) is 0.624. The number of aromatic nitrogens is 1. The number of rotatable bonds is 2. The van der Waals surface area contributed by atoms with Crippen LogP contribution in [-0.4, -0.2) is 12.1 Å². The first kappa shape index (κ1) is 8.34. The van der Waals surface area contributed by atoms with Gasteiger partial charge in [-0.1, -0.05) is 18.5 Å². The second kappa shape index (κ2) is 3.58. The van der Waals surface area contributed by atoms with E-state index in [2.05, 4.69) is 4.98 Å². The first-order valence-electron chi connectivity index (χ1n) is 3.46. The first-order chi connectivity index (χ1) is 5.27. The predicted octanol–water partition coefficient (Wildman–Crippen LogP) is 2.31. The molecule has 0 aliphatic heterocycles. The van der Waals surface area contributed by atoms with E-state index in [9.17, 15) is 0 Å². The Balaban J connectivity index is 2.99. The third-order valence-electron chi connectivity index (χ3n) is 1.46. The molecule has 0 amide bonds. The lowest BCUT2D eigenvalue weighted by Gasteiger charge is -2.02. The van der Waals surface area contributed by atoms with Crippen LogP contribution in [0.1, 0.15) is 12.6 Å². The molecule has 0 aliphatic rings. The van der Waals surface area contributed by atoms with Crippen molar-refractivity contribution in [1.29, 1.82) is 0 Å². The summed E-state index contributed by atoms with van der Waals surface area (Å²) in [4.78, 5) is 4.12. The number of nitrogens with zero attached hydrogens (tertiary/aromatic N) is 1. The van der Waals surface area contributed by atoms with Gasteiger partial charge >= 0.3 is 0 Å². The van der Waals surface area contributed by atoms with Gasteiger partial charge in [-0.05, 0) is 12.5 Å². The van der Waals surface area contributed by atoms with E-state index in [4.69, 9.17) is 16.3 Å². The van der Waals surface area contributed by atoms with Crippen molar-refractivity contribution in [2.45, 2.75) is 13.3 Å². The van der Waals surface area contributed by atoms with Gasteiger partial charge in [0.05, 0.1) is 18.3 Å². The molecule has 0 unspecified atom stereocenters. The van der Waals surface area contributed by atoms with Gasteiger partial charge in [-0.25, -0.2) is 0 Å². The Morgan fingerprint density at radius 1 is 1.64 bits per heavy atom. The third kappa shape index (κ3) is 1.84. The zero-order chi connectivity index (χ0) is 8.27. The number of methoxy groups -OCH3 is 1. The Bertz CT molecular complexity index is 250. The molecule has 1 rings (SSSR count). The largest absolute Gasteiger partial charge is 0.494 e. The van der Waals surface area contributed by atoms with E-state index < -0.39 is 0 Å². The average Bonchev–Trinajstić information content (AvgIpc) is 2.04. The number of halogens is 1. The van der Waals surface area contributed by atoms with Crippen molar-refractivity contribution in [1.82, 2.24) is 4.98 Å². The van der Waals surface area contributed by atoms with Crippen molar-refractivity contribution < 1.29 is 4.74 Å². The smallest absolute Gasteiger partial charge is 0.155 e. The number of pyridine rings is 1. The maximum absolute atomic E-state index is 5.84. The third-order valence-corrected chi connectivity index (χ3v) is 1.75. The highest BCUT2D eigenvalue weighted by atomic mass is 35.5. The Kier molecular flexibility index (Phi) is 2.71. The van der Waals surface area contributed by atoms with Crippen LogP contribution < -0.4 is 4.74 Å². The predicted molar refractivity (Wildman–Crippen MR) is 45.2 cm³/mol. The van der Waals surface area contributed by atoms with Gasteiger partial charge in [-0.2, -0.15) is 0 Å². The molecule has 1 heterocycles. The molecule has 60 valence electrons. The lowest BCUT2D eigenvalue weighted by atomic mass is 10.3. The maximum atomic E-state index is 5.84. The van der Waals surface area contributed by atoms with Crippen molar-refractivity contribution in [2.75, 3.05) is 7.11 Å². The summed E-state index contributed by atoms with van der Waals surface area (Å²) in [6.07, 6.45) is 2.53. The molecule has 0 saturated carbocycles. The molecule has 11 heavy (non-hydrogen) atoms. The monoisotopic (exact) mass is 171 g/mol. The van der Waals surface area contributed by atoms with Crippen LogP contribution in [0, 0.1) is 0 Å². The zero-order valence-corrected chi connectivity index (χ0v) is 7.35. The number of hydrogen-bond acceptors (Lipinski definition) is 2. The van der Waals surface area contributed by atoms with Gasteiger partial charge in [-0.3, -0.25) is 4.98 Å². The lowest BCUT2D eigenvalue weighted by Crippen LogP contribution is -1.90. The number of aryl methyl sites for hydroxylation is 1. The van der Waals surface area contributed by atoms with E-state index in [1.54, 1.807) is 13.3 Å². The summed E-state index contributed by atoms with van der Waals surface area (Å²) in [7, 11) is 1.58. The first-order valence-corrected chi connectivity index (χ1v) is 3.84. The van der Waals surface area contributed by atoms with E-state index in [1.165, 1.54) is 0 Å². The van der Waals surface area contributed by atoms with Gasteiger partial charge in [0.1, 0.15) is 0 Å². The van der Waals surface area contributed by atoms with Gasteiger partial charge in [0.15, 0.2) is 5.75 Å². The summed E-state index contributed by atoms with van der Waals surface area (Å²) in [5.41, 5.74) is 0.982. The summed E-state index contributed by atoms with van der Waals surface area (Å²) >= 11 is 5.84. The molecule has 0 aliphatic carbocycles. The second-order valence-corrected chi connectivity index (χ2v) is 2.57. The van der Waals surface area contributed by atoms with Crippen LogP contribution in [0.5, 0.6) is 5.75 Å². The fraction of sp³-hybridized carbons (Fsp3) is 0.375. The van der Waals surface area contributed by atoms with E-state index in [0.717, 1.165) is 12.1 Å². The van der Waals surface area contributed by atoms with E-state index in [0.29, 0.717) is 10.8 Å². The van der Waals surface area contributed by atoms with Crippen molar-refractivity contribution in [3.8, 4) is 5.75 Å². The lowest BCUT2D eigenvalue weighted by molar-refractivity contribution is 0.413. The molecule has 0 N–H and O–H groups in total. The highest BCUT2D eigenvalue weighted by Gasteiger charge is 2.00. The number of hydrogen-bond donors (Lipinski definition) is 0. The van der Waals surface area contributed by atoms with Gasteiger partial charge in [-0.15, -0.1) is 0 Å². The zero-order valence-electron chi connectivity index (χ0n) is 6.60. The van der Waals surface area contributed by atoms with Crippen LogP contribution in [0.2, 0.25) is 5.02 Å². The minimum atomic E-state index is 0.624. The van der Waals surface area contributed by atoms with Crippen molar-refractivity contribution in [3.63, 3.8) is 0 Å². The SMILES string of the molecule is CCc1cc(Cl)c(OC)cn1. The summed E-state index contributed by atoms with van der Waals surface area (Å²) < 4.78 is 4.95. The molecule has 0 atom stereocenters. The highest BCUT2D eigenvalue weighted by molar-refractivity contribution is 6.32. The van der Waals surface area contributed by atoms with Crippen LogP contribution >= 0.6 is 11.6 Å². The van der Waals surface area contributed by atoms with Crippen molar-refractivity contribution in [3.05, 3.63) is 23.0 Å². The molecule has 0 spiro atoms. The minimum absolute atomic E-state index is 0.624. The van der Waals surface area contributed by atoms with Gasteiger partial charge in [0.2, 0.25) is 0 Å². The van der Waals surface area contributed by atoms with E-state index in [-0.39, 0.29) is 0 Å². The van der Waals surface area contributed by atoms with Gasteiger partial charge in [0, 0.05) is 5.69 Å². The summed E-state index contributed by atoms with van der Waals surface area (Å²) in [6.45, 7) is 2.03. The maximum Gasteiger partial charge on any atom is 0.155 e. The Morgan fingerprint density at radius 2 is 2.36 bits per heavy atom. The summed E-state index contributed by atoms with van der Waals surface area (Å²) in [5.74, 6) is 0.629. The Morgan fingerprint density at radius 3 is 2.82 bits per heavy atom. The van der Waals surface area contributed by atoms with Crippen LogP contribution in [-0.2, 0) is 6.42 Å². The van der Waals surface area contributed by atoms with Gasteiger partial charge in [0.25, 0.3) is 0 Å². The molecule has 2 nitrogen and oxygen atoms in total. The Labute approximate surface area is 71.2 Å². The standard InChI is InChI=1S/C8H10ClNO/c1-3-6-4-7(9)8(11-2)5-10-6/h4-5H,3H2,1-2H3. The Hall–Kier alpha value is -0.760. The average molecular weight is 172 g/mol. The van der Waals surface area contributed by atoms with Crippen LogP contribution in [0.3, 0.4) is 0 Å².